The number of rotatable bonds is 4. The number of likely N-dealkylation sites (tertiary alicyclic amines) is 2. The van der Waals surface area contributed by atoms with E-state index < -0.39 is 17.5 Å². The summed E-state index contributed by atoms with van der Waals surface area (Å²) in [5.74, 6) is -2.10. The summed E-state index contributed by atoms with van der Waals surface area (Å²) in [6.45, 7) is 3.05. The first-order chi connectivity index (χ1) is 12.8. The molecular formula is C19H26F2N4O2. The van der Waals surface area contributed by atoms with Gasteiger partial charge in [-0.1, -0.05) is 0 Å². The minimum atomic E-state index is -0.939. The highest BCUT2D eigenvalue weighted by atomic mass is 19.1. The number of hydrogen-bond acceptors (Lipinski definition) is 4. The van der Waals surface area contributed by atoms with E-state index in [9.17, 15) is 18.4 Å². The quantitative estimate of drug-likeness (QED) is 0.799. The smallest absolute Gasteiger partial charge is 0.275 e. The number of nitrogens with zero attached hydrogens (tertiary/aromatic N) is 4. The molecule has 3 heterocycles. The first-order valence-electron chi connectivity index (χ1n) is 9.32. The van der Waals surface area contributed by atoms with Gasteiger partial charge in [0, 0.05) is 50.6 Å². The lowest BCUT2D eigenvalue weighted by Crippen LogP contribution is -2.56. The number of hydrogen-bond donors (Lipinski definition) is 0. The van der Waals surface area contributed by atoms with Crippen molar-refractivity contribution >= 4 is 11.8 Å². The second-order valence-electron chi connectivity index (χ2n) is 7.93. The lowest BCUT2D eigenvalue weighted by molar-refractivity contribution is -0.139. The van der Waals surface area contributed by atoms with Crippen LogP contribution in [0.4, 0.5) is 8.78 Å². The average Bonchev–Trinajstić information content (AvgIpc) is 2.62. The van der Waals surface area contributed by atoms with Crippen molar-refractivity contribution in [1.29, 1.82) is 0 Å². The van der Waals surface area contributed by atoms with E-state index in [1.54, 1.807) is 4.90 Å². The Bertz CT molecular complexity index is 728. The molecule has 2 saturated heterocycles. The molecule has 3 rings (SSSR count). The van der Waals surface area contributed by atoms with E-state index in [2.05, 4.69) is 4.98 Å². The highest BCUT2D eigenvalue weighted by molar-refractivity contribution is 5.92. The normalized spacial score (nSPS) is 23.4. The van der Waals surface area contributed by atoms with Crippen LogP contribution in [0.1, 0.15) is 36.2 Å². The molecule has 27 heavy (non-hydrogen) atoms. The van der Waals surface area contributed by atoms with Gasteiger partial charge in [-0.2, -0.15) is 0 Å². The lowest BCUT2D eigenvalue weighted by Gasteiger charge is -2.48. The summed E-state index contributed by atoms with van der Waals surface area (Å²) < 4.78 is 27.1. The van der Waals surface area contributed by atoms with Crippen LogP contribution in [0.5, 0.6) is 0 Å². The SMILES string of the molecule is CN(C)CCN1CC2(CCCN(C(=O)c3ncc(F)cc3F)C2)CCC1=O. The molecule has 148 valence electrons. The number of carbonyl (C=O) groups excluding carboxylic acids is 2. The summed E-state index contributed by atoms with van der Waals surface area (Å²) >= 11 is 0. The Labute approximate surface area is 158 Å². The Morgan fingerprint density at radius 1 is 1.30 bits per heavy atom. The van der Waals surface area contributed by atoms with E-state index in [0.29, 0.717) is 38.7 Å². The van der Waals surface area contributed by atoms with Crippen LogP contribution < -0.4 is 0 Å². The number of carbonyl (C=O) groups is 2. The third kappa shape index (κ3) is 4.43. The molecule has 1 atom stereocenters. The maximum absolute atomic E-state index is 14.0. The fraction of sp³-hybridized carbons (Fsp3) is 0.632. The first kappa shape index (κ1) is 19.7. The Hall–Kier alpha value is -2.09. The summed E-state index contributed by atoms with van der Waals surface area (Å²) in [7, 11) is 3.94. The molecule has 0 radical (unpaired) electrons. The number of halogens is 2. The minimum Gasteiger partial charge on any atom is -0.341 e. The number of piperidine rings is 2. The molecular weight excluding hydrogens is 354 g/mol. The van der Waals surface area contributed by atoms with Gasteiger partial charge < -0.3 is 14.7 Å². The summed E-state index contributed by atoms with van der Waals surface area (Å²) in [6, 6.07) is 0.683. The van der Waals surface area contributed by atoms with Crippen molar-refractivity contribution in [1.82, 2.24) is 19.7 Å². The first-order valence-corrected chi connectivity index (χ1v) is 9.32. The zero-order chi connectivity index (χ0) is 19.6. The molecule has 2 aliphatic rings. The molecule has 1 aromatic heterocycles. The van der Waals surface area contributed by atoms with Gasteiger partial charge in [-0.25, -0.2) is 13.8 Å². The highest BCUT2D eigenvalue weighted by Crippen LogP contribution is 2.39. The molecule has 0 N–H and O–H groups in total. The molecule has 2 amide bonds. The maximum Gasteiger partial charge on any atom is 0.275 e. The van der Waals surface area contributed by atoms with Crippen molar-refractivity contribution in [3.63, 3.8) is 0 Å². The summed E-state index contributed by atoms with van der Waals surface area (Å²) in [5, 5.41) is 0. The molecule has 2 fully saturated rings. The molecule has 0 saturated carbocycles. The van der Waals surface area contributed by atoms with Crippen LogP contribution in [-0.2, 0) is 4.79 Å². The molecule has 2 aliphatic heterocycles. The van der Waals surface area contributed by atoms with Gasteiger partial charge >= 0.3 is 0 Å². The molecule has 0 aromatic carbocycles. The number of amides is 2. The van der Waals surface area contributed by atoms with E-state index in [1.165, 1.54) is 0 Å². The Morgan fingerprint density at radius 2 is 2.07 bits per heavy atom. The van der Waals surface area contributed by atoms with E-state index >= 15 is 0 Å². The van der Waals surface area contributed by atoms with E-state index in [1.807, 2.05) is 23.9 Å². The van der Waals surface area contributed by atoms with Gasteiger partial charge in [-0.3, -0.25) is 9.59 Å². The van der Waals surface area contributed by atoms with Crippen molar-refractivity contribution in [2.75, 3.05) is 46.8 Å². The highest BCUT2D eigenvalue weighted by Gasteiger charge is 2.43. The zero-order valence-corrected chi connectivity index (χ0v) is 15.9. The largest absolute Gasteiger partial charge is 0.341 e. The molecule has 1 spiro atoms. The molecule has 8 heteroatoms. The van der Waals surface area contributed by atoms with Crippen molar-refractivity contribution in [2.45, 2.75) is 25.7 Å². The second kappa shape index (κ2) is 7.88. The van der Waals surface area contributed by atoms with Crippen molar-refractivity contribution in [3.05, 3.63) is 29.6 Å². The van der Waals surface area contributed by atoms with Crippen LogP contribution >= 0.6 is 0 Å². The molecule has 0 aliphatic carbocycles. The fourth-order valence-corrected chi connectivity index (χ4v) is 4.06. The third-order valence-electron chi connectivity index (χ3n) is 5.52. The van der Waals surface area contributed by atoms with Crippen LogP contribution in [0, 0.1) is 17.0 Å². The lowest BCUT2D eigenvalue weighted by atomic mass is 9.73. The standard InChI is InChI=1S/C19H26F2N4O2/c1-23(2)8-9-24-12-19(6-4-16(24)26)5-3-7-25(13-19)18(27)17-15(21)10-14(20)11-22-17/h10-11H,3-9,12-13H2,1-2H3. The van der Waals surface area contributed by atoms with Gasteiger partial charge in [0.15, 0.2) is 11.5 Å². The second-order valence-corrected chi connectivity index (χ2v) is 7.93. The Morgan fingerprint density at radius 3 is 2.78 bits per heavy atom. The minimum absolute atomic E-state index is 0.150. The summed E-state index contributed by atoms with van der Waals surface area (Å²) in [5.41, 5.74) is -0.505. The predicted molar refractivity (Wildman–Crippen MR) is 96.1 cm³/mol. The number of likely N-dealkylation sites (N-methyl/N-ethyl adjacent to an activating group) is 1. The van der Waals surface area contributed by atoms with Gasteiger partial charge in [0.2, 0.25) is 5.91 Å². The van der Waals surface area contributed by atoms with Crippen molar-refractivity contribution in [3.8, 4) is 0 Å². The van der Waals surface area contributed by atoms with Gasteiger partial charge in [0.05, 0.1) is 6.20 Å². The Balaban J connectivity index is 1.72. The number of aromatic nitrogens is 1. The third-order valence-corrected chi connectivity index (χ3v) is 5.52. The van der Waals surface area contributed by atoms with Crippen LogP contribution in [-0.4, -0.2) is 78.3 Å². The van der Waals surface area contributed by atoms with Crippen LogP contribution in [0.15, 0.2) is 12.3 Å². The monoisotopic (exact) mass is 380 g/mol. The van der Waals surface area contributed by atoms with E-state index in [0.717, 1.165) is 32.0 Å². The van der Waals surface area contributed by atoms with E-state index in [4.69, 9.17) is 0 Å². The molecule has 6 nitrogen and oxygen atoms in total. The Kier molecular flexibility index (Phi) is 5.74. The van der Waals surface area contributed by atoms with Gasteiger partial charge in [0.25, 0.3) is 5.91 Å². The van der Waals surface area contributed by atoms with Gasteiger partial charge in [-0.15, -0.1) is 0 Å². The summed E-state index contributed by atoms with van der Waals surface area (Å²) in [6.07, 6.45) is 3.79. The van der Waals surface area contributed by atoms with Crippen LogP contribution in [0.25, 0.3) is 0 Å². The molecule has 1 unspecified atom stereocenters. The fourth-order valence-electron chi connectivity index (χ4n) is 4.06. The zero-order valence-electron chi connectivity index (χ0n) is 15.9. The van der Waals surface area contributed by atoms with Crippen molar-refractivity contribution in [2.24, 2.45) is 5.41 Å². The topological polar surface area (TPSA) is 56.8 Å². The van der Waals surface area contributed by atoms with E-state index in [-0.39, 0.29) is 17.0 Å². The van der Waals surface area contributed by atoms with Crippen molar-refractivity contribution < 1.29 is 18.4 Å². The molecule has 0 bridgehead atoms. The average molecular weight is 380 g/mol. The van der Waals surface area contributed by atoms with Gasteiger partial charge in [-0.05, 0) is 33.4 Å². The van der Waals surface area contributed by atoms with Crippen LogP contribution in [0.3, 0.4) is 0 Å². The van der Waals surface area contributed by atoms with Crippen LogP contribution in [0.2, 0.25) is 0 Å². The van der Waals surface area contributed by atoms with Gasteiger partial charge in [0.1, 0.15) is 5.82 Å². The molecule has 1 aromatic rings. The summed E-state index contributed by atoms with van der Waals surface area (Å²) in [4.78, 5) is 34.2. The maximum atomic E-state index is 14.0. The predicted octanol–water partition coefficient (Wildman–Crippen LogP) is 1.77. The number of pyridine rings is 1.